The Morgan fingerprint density at radius 2 is 1.46 bits per heavy atom. The summed E-state index contributed by atoms with van der Waals surface area (Å²) in [6.07, 6.45) is 0.429. The fourth-order valence-electron chi connectivity index (χ4n) is 2.27. The predicted octanol–water partition coefficient (Wildman–Crippen LogP) is 2.62. The van der Waals surface area contributed by atoms with E-state index in [0.29, 0.717) is 23.2 Å². The van der Waals surface area contributed by atoms with Crippen LogP contribution in [-0.2, 0) is 4.79 Å². The van der Waals surface area contributed by atoms with Crippen LogP contribution >= 0.6 is 12.2 Å². The molecule has 0 saturated carbocycles. The van der Waals surface area contributed by atoms with Crippen molar-refractivity contribution in [1.82, 2.24) is 16.2 Å². The van der Waals surface area contributed by atoms with Crippen LogP contribution in [-0.4, -0.2) is 22.8 Å². The Bertz CT molecular complexity index is 852. The largest absolute Gasteiger partial charge is 0.326 e. The van der Waals surface area contributed by atoms with E-state index >= 15 is 0 Å². The normalized spacial score (nSPS) is 10.1. The Hall–Kier alpha value is -3.26. The average Bonchev–Trinajstić information content (AvgIpc) is 2.66. The Morgan fingerprint density at radius 1 is 0.857 bits per heavy atom. The summed E-state index contributed by atoms with van der Waals surface area (Å²) in [5.74, 6) is -0.624. The van der Waals surface area contributed by atoms with E-state index in [1.807, 2.05) is 13.8 Å². The van der Waals surface area contributed by atoms with Crippen molar-refractivity contribution in [3.63, 3.8) is 0 Å². The number of carbonyl (C=O) groups is 3. The molecular weight excluding hydrogens is 376 g/mol. The second kappa shape index (κ2) is 10.2. The molecule has 7 nitrogen and oxygen atoms in total. The molecule has 3 amide bonds. The summed E-state index contributed by atoms with van der Waals surface area (Å²) in [4.78, 5) is 35.9. The Balaban J connectivity index is 1.81. The van der Waals surface area contributed by atoms with Gasteiger partial charge in [0, 0.05) is 23.2 Å². The van der Waals surface area contributed by atoms with E-state index in [1.165, 1.54) is 0 Å². The summed E-state index contributed by atoms with van der Waals surface area (Å²) in [6.45, 7) is 3.93. The third-order valence-corrected chi connectivity index (χ3v) is 3.78. The molecule has 2 aromatic rings. The van der Waals surface area contributed by atoms with E-state index in [4.69, 9.17) is 12.2 Å². The maximum absolute atomic E-state index is 12.2. The highest BCUT2D eigenvalue weighted by molar-refractivity contribution is 7.80. The number of carbonyl (C=O) groups excluding carboxylic acids is 3. The van der Waals surface area contributed by atoms with Gasteiger partial charge in [-0.2, -0.15) is 0 Å². The summed E-state index contributed by atoms with van der Waals surface area (Å²) in [5, 5.41) is 5.21. The molecule has 0 aromatic heterocycles. The molecule has 0 unspecified atom stereocenters. The number of anilines is 1. The lowest BCUT2D eigenvalue weighted by atomic mass is 10.1. The number of hydrogen-bond donors (Lipinski definition) is 4. The zero-order chi connectivity index (χ0) is 20.5. The third kappa shape index (κ3) is 6.81. The van der Waals surface area contributed by atoms with E-state index in [9.17, 15) is 14.4 Å². The summed E-state index contributed by atoms with van der Waals surface area (Å²) in [6, 6.07) is 15.0. The molecule has 0 aliphatic rings. The minimum absolute atomic E-state index is 0.0280. The van der Waals surface area contributed by atoms with Gasteiger partial charge in [-0.3, -0.25) is 30.6 Å². The molecule has 0 atom stereocenters. The third-order valence-electron chi connectivity index (χ3n) is 3.58. The monoisotopic (exact) mass is 398 g/mol. The molecule has 8 heteroatoms. The summed E-state index contributed by atoms with van der Waals surface area (Å²) < 4.78 is 0. The highest BCUT2D eigenvalue weighted by Gasteiger charge is 2.10. The quantitative estimate of drug-likeness (QED) is 0.458. The first-order valence-corrected chi connectivity index (χ1v) is 9.12. The summed E-state index contributed by atoms with van der Waals surface area (Å²) in [7, 11) is 0. The molecule has 0 aliphatic heterocycles. The minimum Gasteiger partial charge on any atom is -0.326 e. The lowest BCUT2D eigenvalue weighted by molar-refractivity contribution is -0.116. The predicted molar refractivity (Wildman–Crippen MR) is 112 cm³/mol. The van der Waals surface area contributed by atoms with Crippen LogP contribution in [0.3, 0.4) is 0 Å². The van der Waals surface area contributed by atoms with Crippen molar-refractivity contribution in [2.45, 2.75) is 20.3 Å². The number of hydrogen-bond acceptors (Lipinski definition) is 4. The first kappa shape index (κ1) is 21.0. The second-order valence-corrected chi connectivity index (χ2v) is 6.86. The SMILES string of the molecule is CC(C)CC(=O)Nc1ccc(C(=O)NNC(=S)NC(=O)c2ccccc2)cc1. The van der Waals surface area contributed by atoms with Crippen LogP contribution < -0.4 is 21.5 Å². The maximum Gasteiger partial charge on any atom is 0.269 e. The molecular formula is C20H22N4O3S. The fraction of sp³-hybridized carbons (Fsp3) is 0.200. The van der Waals surface area contributed by atoms with Crippen LogP contribution in [0.15, 0.2) is 54.6 Å². The number of benzene rings is 2. The molecule has 0 spiro atoms. The molecule has 0 fully saturated rings. The highest BCUT2D eigenvalue weighted by Crippen LogP contribution is 2.11. The molecule has 4 N–H and O–H groups in total. The molecule has 2 rings (SSSR count). The van der Waals surface area contributed by atoms with Gasteiger partial charge in [-0.25, -0.2) is 0 Å². The molecule has 0 aliphatic carbocycles. The molecule has 146 valence electrons. The lowest BCUT2D eigenvalue weighted by Crippen LogP contribution is -2.48. The Kier molecular flexibility index (Phi) is 7.65. The van der Waals surface area contributed by atoms with Gasteiger partial charge in [0.15, 0.2) is 5.11 Å². The molecule has 0 radical (unpaired) electrons. The van der Waals surface area contributed by atoms with Crippen LogP contribution in [0.5, 0.6) is 0 Å². The van der Waals surface area contributed by atoms with Crippen molar-refractivity contribution in [2.24, 2.45) is 5.92 Å². The van der Waals surface area contributed by atoms with Crippen molar-refractivity contribution in [1.29, 1.82) is 0 Å². The van der Waals surface area contributed by atoms with Crippen LogP contribution in [0.2, 0.25) is 0 Å². The number of rotatable bonds is 5. The smallest absolute Gasteiger partial charge is 0.269 e. The Morgan fingerprint density at radius 3 is 2.07 bits per heavy atom. The second-order valence-electron chi connectivity index (χ2n) is 6.45. The van der Waals surface area contributed by atoms with Crippen molar-refractivity contribution in [2.75, 3.05) is 5.32 Å². The number of thiocarbonyl (C=S) groups is 1. The fourth-order valence-corrected chi connectivity index (χ4v) is 2.41. The van der Waals surface area contributed by atoms with Crippen LogP contribution in [0.25, 0.3) is 0 Å². The zero-order valence-electron chi connectivity index (χ0n) is 15.6. The van der Waals surface area contributed by atoms with Gasteiger partial charge in [0.1, 0.15) is 0 Å². The lowest BCUT2D eigenvalue weighted by Gasteiger charge is -2.11. The average molecular weight is 398 g/mol. The van der Waals surface area contributed by atoms with E-state index in [1.54, 1.807) is 54.6 Å². The van der Waals surface area contributed by atoms with Gasteiger partial charge < -0.3 is 5.32 Å². The van der Waals surface area contributed by atoms with Crippen molar-refractivity contribution in [3.05, 3.63) is 65.7 Å². The van der Waals surface area contributed by atoms with E-state index < -0.39 is 5.91 Å². The van der Waals surface area contributed by atoms with Gasteiger partial charge in [-0.1, -0.05) is 32.0 Å². The van der Waals surface area contributed by atoms with Gasteiger partial charge in [-0.05, 0) is 54.5 Å². The topological polar surface area (TPSA) is 99.3 Å². The number of hydrazine groups is 1. The molecule has 0 bridgehead atoms. The van der Waals surface area contributed by atoms with Crippen LogP contribution in [0.1, 0.15) is 41.0 Å². The summed E-state index contributed by atoms with van der Waals surface area (Å²) in [5.41, 5.74) is 6.32. The first-order chi connectivity index (χ1) is 13.3. The Labute approximate surface area is 168 Å². The van der Waals surface area contributed by atoms with E-state index in [2.05, 4.69) is 21.5 Å². The van der Waals surface area contributed by atoms with Gasteiger partial charge in [0.2, 0.25) is 5.91 Å². The van der Waals surface area contributed by atoms with E-state index in [-0.39, 0.29) is 22.8 Å². The van der Waals surface area contributed by atoms with Crippen LogP contribution in [0, 0.1) is 5.92 Å². The van der Waals surface area contributed by atoms with Gasteiger partial charge in [-0.15, -0.1) is 0 Å². The maximum atomic E-state index is 12.2. The molecule has 0 heterocycles. The van der Waals surface area contributed by atoms with Crippen LogP contribution in [0.4, 0.5) is 5.69 Å². The van der Waals surface area contributed by atoms with Gasteiger partial charge in [0.25, 0.3) is 11.8 Å². The van der Waals surface area contributed by atoms with E-state index in [0.717, 1.165) is 0 Å². The zero-order valence-corrected chi connectivity index (χ0v) is 16.4. The van der Waals surface area contributed by atoms with Crippen molar-refractivity contribution < 1.29 is 14.4 Å². The van der Waals surface area contributed by atoms with Crippen molar-refractivity contribution in [3.8, 4) is 0 Å². The molecule has 2 aromatic carbocycles. The van der Waals surface area contributed by atoms with Gasteiger partial charge >= 0.3 is 0 Å². The number of amides is 3. The first-order valence-electron chi connectivity index (χ1n) is 8.72. The van der Waals surface area contributed by atoms with Gasteiger partial charge in [0.05, 0.1) is 0 Å². The minimum atomic E-state index is -0.434. The highest BCUT2D eigenvalue weighted by atomic mass is 32.1. The molecule has 28 heavy (non-hydrogen) atoms. The van der Waals surface area contributed by atoms with Crippen molar-refractivity contribution >= 4 is 40.7 Å². The standard InChI is InChI=1S/C20H22N4O3S/c1-13(2)12-17(25)21-16-10-8-15(9-11-16)19(27)23-24-20(28)22-18(26)14-6-4-3-5-7-14/h3-11,13H,12H2,1-2H3,(H,21,25)(H,23,27)(H2,22,24,26,28). The molecule has 0 saturated heterocycles. The number of nitrogens with one attached hydrogen (secondary N) is 4. The summed E-state index contributed by atoms with van der Waals surface area (Å²) >= 11 is 5.00.